The van der Waals surface area contributed by atoms with Gasteiger partial charge in [-0.1, -0.05) is 6.92 Å². The summed E-state index contributed by atoms with van der Waals surface area (Å²) in [5, 5.41) is 0. The summed E-state index contributed by atoms with van der Waals surface area (Å²) in [7, 11) is 0. The zero-order valence-corrected chi connectivity index (χ0v) is 8.18. The molecule has 1 heterocycles. The van der Waals surface area contributed by atoms with E-state index in [1.807, 2.05) is 0 Å². The van der Waals surface area contributed by atoms with Crippen molar-refractivity contribution in [2.45, 2.75) is 33.1 Å². The standard InChI is InChI=1S/C10H19NO/c1-9-3-6-11(7-4-9)8-5-10(2)12/h9H,3-8H2,1-2H3. The van der Waals surface area contributed by atoms with Crippen LogP contribution in [0.15, 0.2) is 0 Å². The number of ketones is 1. The van der Waals surface area contributed by atoms with Crippen LogP contribution in [0.5, 0.6) is 0 Å². The number of piperidine rings is 1. The van der Waals surface area contributed by atoms with Gasteiger partial charge in [-0.2, -0.15) is 0 Å². The predicted octanol–water partition coefficient (Wildman–Crippen LogP) is 1.70. The maximum Gasteiger partial charge on any atom is 0.131 e. The monoisotopic (exact) mass is 169 g/mol. The lowest BCUT2D eigenvalue weighted by Gasteiger charge is -2.29. The number of carbonyl (C=O) groups excluding carboxylic acids is 1. The van der Waals surface area contributed by atoms with E-state index in [2.05, 4.69) is 11.8 Å². The van der Waals surface area contributed by atoms with Crippen LogP contribution in [0.2, 0.25) is 0 Å². The van der Waals surface area contributed by atoms with Gasteiger partial charge in [0.1, 0.15) is 5.78 Å². The highest BCUT2D eigenvalue weighted by Crippen LogP contribution is 2.15. The molecule has 12 heavy (non-hydrogen) atoms. The Morgan fingerprint density at radius 1 is 1.42 bits per heavy atom. The fourth-order valence-electron chi connectivity index (χ4n) is 1.60. The SMILES string of the molecule is CC(=O)CCN1CCC(C)CC1. The van der Waals surface area contributed by atoms with Crippen LogP contribution in [-0.2, 0) is 4.79 Å². The molecule has 0 saturated carbocycles. The Morgan fingerprint density at radius 2 is 2.00 bits per heavy atom. The van der Waals surface area contributed by atoms with Gasteiger partial charge in [-0.25, -0.2) is 0 Å². The van der Waals surface area contributed by atoms with Crippen molar-refractivity contribution < 1.29 is 4.79 Å². The van der Waals surface area contributed by atoms with Gasteiger partial charge in [0.05, 0.1) is 0 Å². The molecule has 0 spiro atoms. The Kier molecular flexibility index (Phi) is 3.73. The Balaban J connectivity index is 2.13. The van der Waals surface area contributed by atoms with Crippen molar-refractivity contribution in [1.82, 2.24) is 4.90 Å². The molecule has 0 bridgehead atoms. The van der Waals surface area contributed by atoms with E-state index in [1.54, 1.807) is 6.92 Å². The van der Waals surface area contributed by atoms with Crippen molar-refractivity contribution >= 4 is 5.78 Å². The maximum absolute atomic E-state index is 10.7. The quantitative estimate of drug-likeness (QED) is 0.641. The Bertz CT molecular complexity index is 148. The molecule has 0 aromatic carbocycles. The summed E-state index contributed by atoms with van der Waals surface area (Å²) in [4.78, 5) is 13.1. The summed E-state index contributed by atoms with van der Waals surface area (Å²) in [6.45, 7) is 7.33. The molecule has 2 heteroatoms. The molecule has 1 aliphatic rings. The molecule has 0 amide bonds. The molecule has 0 aromatic rings. The van der Waals surface area contributed by atoms with Crippen LogP contribution >= 0.6 is 0 Å². The Hall–Kier alpha value is -0.370. The lowest BCUT2D eigenvalue weighted by Crippen LogP contribution is -2.34. The minimum absolute atomic E-state index is 0.314. The Labute approximate surface area is 74.9 Å². The number of likely N-dealkylation sites (tertiary alicyclic amines) is 1. The maximum atomic E-state index is 10.7. The molecule has 70 valence electrons. The van der Waals surface area contributed by atoms with Crippen molar-refractivity contribution in [3.63, 3.8) is 0 Å². The van der Waals surface area contributed by atoms with Crippen molar-refractivity contribution in [1.29, 1.82) is 0 Å². The zero-order chi connectivity index (χ0) is 8.97. The Morgan fingerprint density at radius 3 is 2.50 bits per heavy atom. The largest absolute Gasteiger partial charge is 0.303 e. The first-order chi connectivity index (χ1) is 5.68. The van der Waals surface area contributed by atoms with Gasteiger partial charge in [0, 0.05) is 13.0 Å². The highest BCUT2D eigenvalue weighted by atomic mass is 16.1. The number of hydrogen-bond donors (Lipinski definition) is 0. The number of nitrogens with zero attached hydrogens (tertiary/aromatic N) is 1. The molecular weight excluding hydrogens is 150 g/mol. The molecule has 0 N–H and O–H groups in total. The van der Waals surface area contributed by atoms with E-state index in [4.69, 9.17) is 0 Å². The summed E-state index contributed by atoms with van der Waals surface area (Å²) in [6.07, 6.45) is 3.34. The average Bonchev–Trinajstić information content (AvgIpc) is 2.03. The molecule has 0 atom stereocenters. The van der Waals surface area contributed by atoms with Gasteiger partial charge >= 0.3 is 0 Å². The van der Waals surface area contributed by atoms with Crippen molar-refractivity contribution in [2.24, 2.45) is 5.92 Å². The van der Waals surface area contributed by atoms with Gasteiger partial charge in [0.15, 0.2) is 0 Å². The van der Waals surface area contributed by atoms with Gasteiger partial charge in [-0.05, 0) is 38.8 Å². The fraction of sp³-hybridized carbons (Fsp3) is 0.900. The van der Waals surface area contributed by atoms with Crippen LogP contribution in [0.1, 0.15) is 33.1 Å². The first-order valence-corrected chi connectivity index (χ1v) is 4.90. The van der Waals surface area contributed by atoms with E-state index >= 15 is 0 Å². The average molecular weight is 169 g/mol. The van der Waals surface area contributed by atoms with E-state index in [0.717, 1.165) is 18.9 Å². The van der Waals surface area contributed by atoms with Gasteiger partial charge in [-0.3, -0.25) is 4.79 Å². The molecule has 0 aliphatic carbocycles. The van der Waals surface area contributed by atoms with Crippen LogP contribution in [0, 0.1) is 5.92 Å². The van der Waals surface area contributed by atoms with Gasteiger partial charge in [0.25, 0.3) is 0 Å². The normalized spacial score (nSPS) is 21.2. The van der Waals surface area contributed by atoms with Gasteiger partial charge < -0.3 is 4.90 Å². The third-order valence-corrected chi connectivity index (χ3v) is 2.66. The van der Waals surface area contributed by atoms with E-state index in [1.165, 1.54) is 25.9 Å². The summed E-state index contributed by atoms with van der Waals surface area (Å²) in [5.41, 5.74) is 0. The zero-order valence-electron chi connectivity index (χ0n) is 8.18. The second-order valence-corrected chi connectivity index (χ2v) is 3.98. The molecule has 1 rings (SSSR count). The third-order valence-electron chi connectivity index (χ3n) is 2.66. The smallest absolute Gasteiger partial charge is 0.131 e. The highest BCUT2D eigenvalue weighted by molar-refractivity contribution is 5.75. The lowest BCUT2D eigenvalue weighted by atomic mass is 9.99. The number of carbonyl (C=O) groups is 1. The summed E-state index contributed by atoms with van der Waals surface area (Å²) in [5.74, 6) is 1.20. The topological polar surface area (TPSA) is 20.3 Å². The van der Waals surface area contributed by atoms with Crippen molar-refractivity contribution in [2.75, 3.05) is 19.6 Å². The minimum atomic E-state index is 0.314. The number of hydrogen-bond acceptors (Lipinski definition) is 2. The van der Waals surface area contributed by atoms with Crippen LogP contribution in [0.4, 0.5) is 0 Å². The van der Waals surface area contributed by atoms with Crippen molar-refractivity contribution in [3.05, 3.63) is 0 Å². The molecule has 1 saturated heterocycles. The molecular formula is C10H19NO. The molecule has 1 aliphatic heterocycles. The van der Waals surface area contributed by atoms with Crippen LogP contribution in [0.3, 0.4) is 0 Å². The third kappa shape index (κ3) is 3.35. The van der Waals surface area contributed by atoms with E-state index in [0.29, 0.717) is 5.78 Å². The molecule has 0 radical (unpaired) electrons. The fourth-order valence-corrected chi connectivity index (χ4v) is 1.60. The van der Waals surface area contributed by atoms with Crippen LogP contribution in [0.25, 0.3) is 0 Å². The second kappa shape index (κ2) is 4.61. The van der Waals surface area contributed by atoms with Crippen LogP contribution < -0.4 is 0 Å². The number of Topliss-reactive ketones (excluding diaryl/α,β-unsaturated/α-hetero) is 1. The van der Waals surface area contributed by atoms with Crippen LogP contribution in [-0.4, -0.2) is 30.3 Å². The van der Waals surface area contributed by atoms with Crippen molar-refractivity contribution in [3.8, 4) is 0 Å². The molecule has 0 aromatic heterocycles. The molecule has 0 unspecified atom stereocenters. The van der Waals surface area contributed by atoms with E-state index < -0.39 is 0 Å². The second-order valence-electron chi connectivity index (χ2n) is 3.98. The summed E-state index contributed by atoms with van der Waals surface area (Å²) in [6, 6.07) is 0. The van der Waals surface area contributed by atoms with E-state index in [9.17, 15) is 4.79 Å². The molecule has 1 fully saturated rings. The highest BCUT2D eigenvalue weighted by Gasteiger charge is 2.15. The first-order valence-electron chi connectivity index (χ1n) is 4.90. The lowest BCUT2D eigenvalue weighted by molar-refractivity contribution is -0.117. The number of rotatable bonds is 3. The first kappa shape index (κ1) is 9.72. The minimum Gasteiger partial charge on any atom is -0.303 e. The summed E-state index contributed by atoms with van der Waals surface area (Å²) < 4.78 is 0. The van der Waals surface area contributed by atoms with Gasteiger partial charge in [0.2, 0.25) is 0 Å². The van der Waals surface area contributed by atoms with E-state index in [-0.39, 0.29) is 0 Å². The van der Waals surface area contributed by atoms with Gasteiger partial charge in [-0.15, -0.1) is 0 Å². The molecule has 2 nitrogen and oxygen atoms in total. The predicted molar refractivity (Wildman–Crippen MR) is 50.1 cm³/mol. The summed E-state index contributed by atoms with van der Waals surface area (Å²) >= 11 is 0.